The summed E-state index contributed by atoms with van der Waals surface area (Å²) in [4.78, 5) is 4.31. The first kappa shape index (κ1) is 9.93. The molecule has 0 fully saturated rings. The van der Waals surface area contributed by atoms with Crippen LogP contribution in [0.3, 0.4) is 0 Å². The maximum atomic E-state index is 4.31. The number of pyridine rings is 1. The number of aromatic nitrogens is 1. The van der Waals surface area contributed by atoms with Crippen molar-refractivity contribution in [1.82, 2.24) is 10.3 Å². The van der Waals surface area contributed by atoms with Crippen LogP contribution in [0.4, 0.5) is 0 Å². The molecule has 1 aromatic rings. The standard InChI is InChI=1S/C11H16N2/c1-9-7-11(5-4-6-12-3)8-10(2)13-9/h4-5,7-8,12H,6H2,1-3H3. The summed E-state index contributed by atoms with van der Waals surface area (Å²) in [7, 11) is 1.94. The van der Waals surface area contributed by atoms with Crippen LogP contribution in [0.2, 0.25) is 0 Å². The SMILES string of the molecule is CNCC=Cc1cc(C)nc(C)c1. The third-order valence-corrected chi connectivity index (χ3v) is 1.74. The summed E-state index contributed by atoms with van der Waals surface area (Å²) in [6, 6.07) is 4.16. The number of rotatable bonds is 3. The van der Waals surface area contributed by atoms with E-state index >= 15 is 0 Å². The zero-order chi connectivity index (χ0) is 9.68. The highest BCUT2D eigenvalue weighted by Gasteiger charge is 1.92. The molecular formula is C11H16N2. The van der Waals surface area contributed by atoms with Gasteiger partial charge in [0.2, 0.25) is 0 Å². The summed E-state index contributed by atoms with van der Waals surface area (Å²) in [6.45, 7) is 4.94. The van der Waals surface area contributed by atoms with Gasteiger partial charge in [-0.25, -0.2) is 0 Å². The molecule has 0 spiro atoms. The molecule has 0 aliphatic carbocycles. The molecule has 0 saturated carbocycles. The van der Waals surface area contributed by atoms with Gasteiger partial charge in [-0.2, -0.15) is 0 Å². The highest BCUT2D eigenvalue weighted by molar-refractivity contribution is 5.50. The van der Waals surface area contributed by atoms with Crippen molar-refractivity contribution < 1.29 is 0 Å². The number of nitrogens with zero attached hydrogens (tertiary/aromatic N) is 1. The van der Waals surface area contributed by atoms with E-state index in [0.717, 1.165) is 17.9 Å². The molecule has 1 heterocycles. The van der Waals surface area contributed by atoms with Gasteiger partial charge in [0.1, 0.15) is 0 Å². The Bertz CT molecular complexity index is 283. The van der Waals surface area contributed by atoms with Gasteiger partial charge in [-0.05, 0) is 38.6 Å². The van der Waals surface area contributed by atoms with E-state index in [1.165, 1.54) is 5.56 Å². The van der Waals surface area contributed by atoms with Gasteiger partial charge < -0.3 is 5.32 Å². The zero-order valence-electron chi connectivity index (χ0n) is 8.46. The van der Waals surface area contributed by atoms with Crippen molar-refractivity contribution in [3.63, 3.8) is 0 Å². The average molecular weight is 176 g/mol. The van der Waals surface area contributed by atoms with Crippen molar-refractivity contribution >= 4 is 6.08 Å². The lowest BCUT2D eigenvalue weighted by Crippen LogP contribution is -2.03. The third-order valence-electron chi connectivity index (χ3n) is 1.74. The van der Waals surface area contributed by atoms with Crippen molar-refractivity contribution in [2.24, 2.45) is 0 Å². The molecule has 13 heavy (non-hydrogen) atoms. The molecule has 0 saturated heterocycles. The van der Waals surface area contributed by atoms with Gasteiger partial charge in [0.05, 0.1) is 0 Å². The second-order valence-corrected chi connectivity index (χ2v) is 3.14. The lowest BCUT2D eigenvalue weighted by molar-refractivity contribution is 0.922. The van der Waals surface area contributed by atoms with E-state index in [2.05, 4.69) is 34.6 Å². The van der Waals surface area contributed by atoms with Gasteiger partial charge in [0.15, 0.2) is 0 Å². The van der Waals surface area contributed by atoms with E-state index in [1.807, 2.05) is 20.9 Å². The van der Waals surface area contributed by atoms with Crippen molar-refractivity contribution in [1.29, 1.82) is 0 Å². The van der Waals surface area contributed by atoms with Crippen molar-refractivity contribution in [3.8, 4) is 0 Å². The number of hydrogen-bond acceptors (Lipinski definition) is 2. The van der Waals surface area contributed by atoms with Gasteiger partial charge in [-0.1, -0.05) is 12.2 Å². The van der Waals surface area contributed by atoms with E-state index in [1.54, 1.807) is 0 Å². The highest BCUT2D eigenvalue weighted by Crippen LogP contribution is 2.06. The second-order valence-electron chi connectivity index (χ2n) is 3.14. The Balaban J connectivity index is 2.77. The molecule has 2 nitrogen and oxygen atoms in total. The lowest BCUT2D eigenvalue weighted by Gasteiger charge is -1.98. The van der Waals surface area contributed by atoms with Crippen molar-refractivity contribution in [3.05, 3.63) is 35.2 Å². The van der Waals surface area contributed by atoms with Gasteiger partial charge >= 0.3 is 0 Å². The van der Waals surface area contributed by atoms with E-state index < -0.39 is 0 Å². The van der Waals surface area contributed by atoms with Gasteiger partial charge in [-0.3, -0.25) is 4.98 Å². The summed E-state index contributed by atoms with van der Waals surface area (Å²) < 4.78 is 0. The molecule has 1 N–H and O–H groups in total. The molecule has 0 unspecified atom stereocenters. The smallest absolute Gasteiger partial charge is 0.0381 e. The van der Waals surface area contributed by atoms with Crippen LogP contribution >= 0.6 is 0 Å². The average Bonchev–Trinajstić information content (AvgIpc) is 2.03. The van der Waals surface area contributed by atoms with E-state index in [4.69, 9.17) is 0 Å². The Morgan fingerprint density at radius 2 is 1.92 bits per heavy atom. The molecule has 1 aromatic heterocycles. The third kappa shape index (κ3) is 3.38. The predicted octanol–water partition coefficient (Wildman–Crippen LogP) is 1.93. The number of likely N-dealkylation sites (N-methyl/N-ethyl adjacent to an activating group) is 1. The van der Waals surface area contributed by atoms with Crippen LogP contribution in [0.5, 0.6) is 0 Å². The zero-order valence-corrected chi connectivity index (χ0v) is 8.46. The summed E-state index contributed by atoms with van der Waals surface area (Å²) in [5.74, 6) is 0. The number of aryl methyl sites for hydroxylation is 2. The minimum atomic E-state index is 0.903. The Labute approximate surface area is 79.7 Å². The molecule has 70 valence electrons. The van der Waals surface area contributed by atoms with Crippen molar-refractivity contribution in [2.45, 2.75) is 13.8 Å². The van der Waals surface area contributed by atoms with Crippen LogP contribution in [-0.4, -0.2) is 18.6 Å². The highest BCUT2D eigenvalue weighted by atomic mass is 14.8. The molecule has 0 aliphatic heterocycles. The number of hydrogen-bond donors (Lipinski definition) is 1. The molecular weight excluding hydrogens is 160 g/mol. The molecule has 0 aromatic carbocycles. The summed E-state index contributed by atoms with van der Waals surface area (Å²) in [6.07, 6.45) is 4.21. The van der Waals surface area contributed by atoms with Gasteiger partial charge in [-0.15, -0.1) is 0 Å². The maximum Gasteiger partial charge on any atom is 0.0381 e. The van der Waals surface area contributed by atoms with Crippen molar-refractivity contribution in [2.75, 3.05) is 13.6 Å². The monoisotopic (exact) mass is 176 g/mol. The fourth-order valence-electron chi connectivity index (χ4n) is 1.28. The quantitative estimate of drug-likeness (QED) is 0.761. The topological polar surface area (TPSA) is 24.9 Å². The largest absolute Gasteiger partial charge is 0.316 e. The molecule has 0 atom stereocenters. The van der Waals surface area contributed by atoms with Gasteiger partial charge in [0, 0.05) is 17.9 Å². The Morgan fingerprint density at radius 3 is 2.46 bits per heavy atom. The molecule has 2 heteroatoms. The Morgan fingerprint density at radius 1 is 1.31 bits per heavy atom. The number of nitrogens with one attached hydrogen (secondary N) is 1. The molecule has 0 aliphatic rings. The van der Waals surface area contributed by atoms with Crippen LogP contribution < -0.4 is 5.32 Å². The van der Waals surface area contributed by atoms with E-state index in [0.29, 0.717) is 0 Å². The fraction of sp³-hybridized carbons (Fsp3) is 0.364. The van der Waals surface area contributed by atoms with Crippen LogP contribution in [0.15, 0.2) is 18.2 Å². The molecule has 1 rings (SSSR count). The minimum Gasteiger partial charge on any atom is -0.316 e. The normalized spacial score (nSPS) is 11.0. The predicted molar refractivity (Wildman–Crippen MR) is 56.7 cm³/mol. The Kier molecular flexibility index (Phi) is 3.65. The lowest BCUT2D eigenvalue weighted by atomic mass is 10.2. The molecule has 0 bridgehead atoms. The summed E-state index contributed by atoms with van der Waals surface area (Å²) in [5.41, 5.74) is 3.37. The van der Waals surface area contributed by atoms with Crippen LogP contribution in [-0.2, 0) is 0 Å². The fourth-order valence-corrected chi connectivity index (χ4v) is 1.28. The first-order valence-electron chi connectivity index (χ1n) is 4.49. The van der Waals surface area contributed by atoms with Crippen LogP contribution in [0.1, 0.15) is 17.0 Å². The Hall–Kier alpha value is -1.15. The van der Waals surface area contributed by atoms with E-state index in [9.17, 15) is 0 Å². The van der Waals surface area contributed by atoms with Crippen LogP contribution in [0.25, 0.3) is 6.08 Å². The van der Waals surface area contributed by atoms with Crippen LogP contribution in [0, 0.1) is 13.8 Å². The second kappa shape index (κ2) is 4.77. The molecule has 0 amide bonds. The summed E-state index contributed by atoms with van der Waals surface area (Å²) in [5, 5.41) is 3.06. The van der Waals surface area contributed by atoms with E-state index in [-0.39, 0.29) is 0 Å². The molecule has 0 radical (unpaired) electrons. The minimum absolute atomic E-state index is 0.903. The maximum absolute atomic E-state index is 4.31. The first-order chi connectivity index (χ1) is 6.22. The summed E-state index contributed by atoms with van der Waals surface area (Å²) >= 11 is 0. The first-order valence-corrected chi connectivity index (χ1v) is 4.49. The van der Waals surface area contributed by atoms with Gasteiger partial charge in [0.25, 0.3) is 0 Å².